The average molecular weight is 969 g/mol. The first-order valence-electron chi connectivity index (χ1n) is 24.2. The van der Waals surface area contributed by atoms with Gasteiger partial charge in [-0.25, -0.2) is 0 Å². The second kappa shape index (κ2) is 36.2. The van der Waals surface area contributed by atoms with Crippen molar-refractivity contribution in [2.75, 3.05) is 147 Å². The lowest BCUT2D eigenvalue weighted by Gasteiger charge is -2.19. The number of carbonyl (C=O) groups is 2. The van der Waals surface area contributed by atoms with Crippen LogP contribution in [0.4, 0.5) is 0 Å². The van der Waals surface area contributed by atoms with E-state index in [0.29, 0.717) is 120 Å². The Balaban J connectivity index is 1.46. The number of carbonyl (C=O) groups excluding carboxylic acids is 2. The summed E-state index contributed by atoms with van der Waals surface area (Å²) in [5.74, 6) is 1.16. The number of ketones is 2. The van der Waals surface area contributed by atoms with Gasteiger partial charge in [-0.15, -0.1) is 0 Å². The van der Waals surface area contributed by atoms with E-state index in [1.165, 1.54) is 25.7 Å². The van der Waals surface area contributed by atoms with Crippen molar-refractivity contribution in [1.29, 1.82) is 0 Å². The molecule has 0 saturated heterocycles. The third-order valence-electron chi connectivity index (χ3n) is 10.4. The van der Waals surface area contributed by atoms with Crippen molar-refractivity contribution >= 4 is 11.6 Å². The smallest absolute Gasteiger partial charge is 0.203 e. The first-order valence-corrected chi connectivity index (χ1v) is 24.2. The van der Waals surface area contributed by atoms with Crippen molar-refractivity contribution in [2.45, 2.75) is 51.9 Å². The van der Waals surface area contributed by atoms with Crippen molar-refractivity contribution < 1.29 is 71.2 Å². The molecule has 0 aliphatic rings. The van der Waals surface area contributed by atoms with E-state index >= 15 is 0 Å². The Kier molecular flexibility index (Phi) is 29.8. The number of benzene rings is 2. The van der Waals surface area contributed by atoms with E-state index < -0.39 is 0 Å². The Morgan fingerprint density at radius 1 is 0.420 bits per heavy atom. The number of hydrogen-bond donors (Lipinski definition) is 2. The average Bonchev–Trinajstić information content (AvgIpc) is 4.07. The predicted octanol–water partition coefficient (Wildman–Crippen LogP) is 8.05. The Hall–Kier alpha value is -4.82. The highest BCUT2D eigenvalue weighted by molar-refractivity contribution is 6.12. The number of rotatable bonds is 44. The highest BCUT2D eigenvalue weighted by Gasteiger charge is 2.21. The first-order chi connectivity index (χ1) is 34.0. The van der Waals surface area contributed by atoms with Gasteiger partial charge in [0.05, 0.1) is 124 Å². The summed E-state index contributed by atoms with van der Waals surface area (Å²) in [6.45, 7) is 9.56. The molecule has 0 saturated carbocycles. The number of para-hydroxylation sites is 1. The molecule has 17 nitrogen and oxygen atoms in total. The van der Waals surface area contributed by atoms with Gasteiger partial charge in [0.1, 0.15) is 25.6 Å². The fourth-order valence-electron chi connectivity index (χ4n) is 6.76. The summed E-state index contributed by atoms with van der Waals surface area (Å²) < 4.78 is 73.8. The number of nitrogens with one attached hydrogen (secondary N) is 2. The summed E-state index contributed by atoms with van der Waals surface area (Å²) in [4.78, 5) is 33.6. The van der Waals surface area contributed by atoms with Crippen LogP contribution in [0, 0.1) is 0 Å². The first kappa shape index (κ1) is 56.8. The minimum atomic E-state index is -0.367. The van der Waals surface area contributed by atoms with Gasteiger partial charge in [0.2, 0.25) is 5.75 Å². The van der Waals surface area contributed by atoms with Gasteiger partial charge >= 0.3 is 0 Å². The number of aromatic nitrogens is 2. The van der Waals surface area contributed by atoms with E-state index in [2.05, 4.69) is 16.9 Å². The van der Waals surface area contributed by atoms with Gasteiger partial charge in [-0.2, -0.15) is 0 Å². The van der Waals surface area contributed by atoms with Crippen LogP contribution in [0.3, 0.4) is 0 Å². The van der Waals surface area contributed by atoms with Crippen molar-refractivity contribution in [1.82, 2.24) is 9.97 Å². The molecule has 0 atom stereocenters. The molecular formula is C52H76N2O15. The Labute approximate surface area is 407 Å². The maximum atomic E-state index is 13.6. The molecule has 4 aromatic rings. The molecule has 4 rings (SSSR count). The van der Waals surface area contributed by atoms with Crippen molar-refractivity contribution in [3.63, 3.8) is 0 Å². The van der Waals surface area contributed by atoms with Crippen LogP contribution in [-0.2, 0) is 42.6 Å². The van der Waals surface area contributed by atoms with Gasteiger partial charge in [-0.1, -0.05) is 51.2 Å². The second-order valence-corrected chi connectivity index (χ2v) is 15.7. The minimum Gasteiger partial charge on any atom is -0.493 e. The summed E-state index contributed by atoms with van der Waals surface area (Å²) in [6.07, 6.45) is 6.69. The molecular weight excluding hydrogens is 893 g/mol. The molecule has 0 aliphatic carbocycles. The van der Waals surface area contributed by atoms with E-state index in [4.69, 9.17) is 61.6 Å². The lowest BCUT2D eigenvalue weighted by atomic mass is 10.1. The van der Waals surface area contributed by atoms with Crippen molar-refractivity contribution in [3.8, 4) is 45.5 Å². The molecule has 2 aromatic carbocycles. The number of H-pyrrole nitrogens is 2. The van der Waals surface area contributed by atoms with Gasteiger partial charge in [0.25, 0.3) is 0 Å². The van der Waals surface area contributed by atoms with Gasteiger partial charge in [0, 0.05) is 43.8 Å². The van der Waals surface area contributed by atoms with E-state index in [0.717, 1.165) is 29.8 Å². The zero-order valence-corrected chi connectivity index (χ0v) is 41.3. The molecule has 0 fully saturated rings. The number of Topliss-reactive ketones (excluding diaryl/α,β-unsaturated/α-hetero) is 2. The van der Waals surface area contributed by atoms with Crippen LogP contribution >= 0.6 is 0 Å². The maximum absolute atomic E-state index is 13.6. The third kappa shape index (κ3) is 22.6. The summed E-state index contributed by atoms with van der Waals surface area (Å²) >= 11 is 0. The van der Waals surface area contributed by atoms with E-state index in [1.54, 1.807) is 51.7 Å². The summed E-state index contributed by atoms with van der Waals surface area (Å²) in [5, 5.41) is 0. The van der Waals surface area contributed by atoms with Crippen LogP contribution in [0.5, 0.6) is 23.0 Å². The number of unbranched alkanes of at least 4 members (excludes halogenated alkanes) is 5. The molecule has 0 aliphatic heterocycles. The minimum absolute atomic E-state index is 0.186. The van der Waals surface area contributed by atoms with Crippen LogP contribution in [-0.4, -0.2) is 168 Å². The SMILES string of the molecule is CCCCCCCCOc1ccccc1-c1ccc(C(=O)CC(=O)c2ccc(-c3cc(OCCOCCOCCOC)c(OCCOCCOCCOC)c(OCCOCCOCCOC)c3)[nH]2)[nH]1. The number of methoxy groups -OCH3 is 3. The fraction of sp³-hybridized carbons (Fsp3) is 0.577. The molecule has 0 spiro atoms. The Morgan fingerprint density at radius 3 is 1.36 bits per heavy atom. The summed E-state index contributed by atoms with van der Waals surface area (Å²) in [5.41, 5.74) is 3.44. The molecule has 69 heavy (non-hydrogen) atoms. The van der Waals surface area contributed by atoms with Gasteiger partial charge in [-0.05, 0) is 55.0 Å². The molecule has 0 radical (unpaired) electrons. The topological polar surface area (TPSA) is 186 Å². The monoisotopic (exact) mass is 969 g/mol. The molecule has 0 bridgehead atoms. The predicted molar refractivity (Wildman–Crippen MR) is 262 cm³/mol. The van der Waals surface area contributed by atoms with Crippen LogP contribution < -0.4 is 18.9 Å². The maximum Gasteiger partial charge on any atom is 0.203 e. The second-order valence-electron chi connectivity index (χ2n) is 15.7. The number of hydrogen-bond acceptors (Lipinski definition) is 15. The van der Waals surface area contributed by atoms with Crippen LogP contribution in [0.15, 0.2) is 60.7 Å². The van der Waals surface area contributed by atoms with Crippen molar-refractivity contribution in [2.24, 2.45) is 0 Å². The lowest BCUT2D eigenvalue weighted by molar-refractivity contribution is 0.0146. The van der Waals surface area contributed by atoms with Gasteiger partial charge < -0.3 is 71.5 Å². The fourth-order valence-corrected chi connectivity index (χ4v) is 6.76. The normalized spacial score (nSPS) is 11.3. The van der Waals surface area contributed by atoms with Crippen LogP contribution in [0.25, 0.3) is 22.5 Å². The van der Waals surface area contributed by atoms with Gasteiger partial charge in [0.15, 0.2) is 23.1 Å². The number of ether oxygens (including phenoxy) is 13. The largest absolute Gasteiger partial charge is 0.493 e. The highest BCUT2D eigenvalue weighted by atomic mass is 16.6. The van der Waals surface area contributed by atoms with Crippen molar-refractivity contribution in [3.05, 3.63) is 72.1 Å². The third-order valence-corrected chi connectivity index (χ3v) is 10.4. The molecule has 384 valence electrons. The Bertz CT molecular complexity index is 1920. The molecule has 0 amide bonds. The quantitative estimate of drug-likeness (QED) is 0.0246. The zero-order valence-electron chi connectivity index (χ0n) is 41.3. The molecule has 0 unspecified atom stereocenters. The molecule has 2 aromatic heterocycles. The van der Waals surface area contributed by atoms with Crippen LogP contribution in [0.2, 0.25) is 0 Å². The van der Waals surface area contributed by atoms with Crippen LogP contribution in [0.1, 0.15) is 72.8 Å². The standard InChI is InChI=1S/C52H76N2O15/c1-5-6-7-8-9-12-19-66-49-14-11-10-13-42(49)44-16-18-46(54-44)48(56)40-47(55)45-17-15-43(53-45)41-38-50(67-35-32-63-29-26-60-23-20-57-2)52(69-37-34-65-31-28-62-25-22-59-4)51(39-41)68-36-33-64-30-27-61-24-21-58-3/h10-11,13-18,38-39,53-54H,5-9,12,19-37,40H2,1-4H3. The highest BCUT2D eigenvalue weighted by Crippen LogP contribution is 2.42. The Morgan fingerprint density at radius 2 is 0.841 bits per heavy atom. The zero-order chi connectivity index (χ0) is 49.0. The van der Waals surface area contributed by atoms with E-state index in [-0.39, 0.29) is 63.3 Å². The molecule has 2 heterocycles. The lowest BCUT2D eigenvalue weighted by Crippen LogP contribution is -2.15. The van der Waals surface area contributed by atoms with Gasteiger partial charge in [-0.3, -0.25) is 9.59 Å². The molecule has 17 heteroatoms. The summed E-state index contributed by atoms with van der Waals surface area (Å²) in [6, 6.07) is 18.3. The van der Waals surface area contributed by atoms with E-state index in [9.17, 15) is 9.59 Å². The van der Waals surface area contributed by atoms with E-state index in [1.807, 2.05) is 30.3 Å². The molecule has 2 N–H and O–H groups in total. The summed E-state index contributed by atoms with van der Waals surface area (Å²) in [7, 11) is 4.87. The number of aromatic amines is 2.